The van der Waals surface area contributed by atoms with Gasteiger partial charge in [0.2, 0.25) is 5.91 Å². The van der Waals surface area contributed by atoms with Crippen molar-refractivity contribution in [2.45, 2.75) is 13.0 Å². The minimum absolute atomic E-state index is 0.101. The molecule has 0 aliphatic rings. The first-order chi connectivity index (χ1) is 14.1. The number of hydrogen-bond acceptors (Lipinski definition) is 4. The van der Waals surface area contributed by atoms with Crippen molar-refractivity contribution >= 4 is 34.3 Å². The Morgan fingerprint density at radius 2 is 1.66 bits per heavy atom. The van der Waals surface area contributed by atoms with E-state index in [0.717, 1.165) is 0 Å². The molecule has 0 saturated heterocycles. The summed E-state index contributed by atoms with van der Waals surface area (Å²) in [5.74, 6) is 0.228. The van der Waals surface area contributed by atoms with Crippen molar-refractivity contribution in [2.24, 2.45) is 0 Å². The summed E-state index contributed by atoms with van der Waals surface area (Å²) >= 11 is 6.15. The van der Waals surface area contributed by atoms with E-state index in [0.29, 0.717) is 33.3 Å². The normalized spacial score (nSPS) is 10.8. The van der Waals surface area contributed by atoms with E-state index in [1.165, 1.54) is 4.57 Å². The predicted octanol–water partition coefficient (Wildman–Crippen LogP) is 5.07. The number of aryl methyl sites for hydroxylation is 1. The predicted molar refractivity (Wildman–Crippen MR) is 112 cm³/mol. The fourth-order valence-electron chi connectivity index (χ4n) is 2.96. The van der Waals surface area contributed by atoms with E-state index in [2.05, 4.69) is 5.32 Å². The molecular formula is C22H17ClN2O4. The van der Waals surface area contributed by atoms with Gasteiger partial charge >= 0.3 is 5.76 Å². The van der Waals surface area contributed by atoms with Crippen LogP contribution in [0.25, 0.3) is 11.1 Å². The Morgan fingerprint density at radius 1 is 0.966 bits per heavy atom. The third-order valence-electron chi connectivity index (χ3n) is 4.35. The molecule has 1 amide bonds. The Hall–Kier alpha value is -3.51. The highest BCUT2D eigenvalue weighted by Gasteiger charge is 2.13. The fraction of sp³-hybridized carbons (Fsp3) is 0.0909. The second-order valence-corrected chi connectivity index (χ2v) is 6.72. The van der Waals surface area contributed by atoms with Crippen LogP contribution in [0, 0.1) is 0 Å². The van der Waals surface area contributed by atoms with Gasteiger partial charge in [-0.2, -0.15) is 0 Å². The number of anilines is 1. The van der Waals surface area contributed by atoms with E-state index in [9.17, 15) is 9.59 Å². The van der Waals surface area contributed by atoms with Gasteiger partial charge in [-0.05, 0) is 36.4 Å². The molecule has 29 heavy (non-hydrogen) atoms. The van der Waals surface area contributed by atoms with Gasteiger partial charge in [0.15, 0.2) is 11.3 Å². The lowest BCUT2D eigenvalue weighted by molar-refractivity contribution is -0.116. The van der Waals surface area contributed by atoms with Crippen LogP contribution in [0.5, 0.6) is 11.5 Å². The number of nitrogens with one attached hydrogen (secondary N) is 1. The molecule has 4 rings (SSSR count). The Labute approximate surface area is 171 Å². The zero-order valence-electron chi connectivity index (χ0n) is 15.3. The van der Waals surface area contributed by atoms with Crippen LogP contribution in [0.1, 0.15) is 6.42 Å². The zero-order chi connectivity index (χ0) is 20.2. The van der Waals surface area contributed by atoms with E-state index >= 15 is 0 Å². The number of benzene rings is 3. The summed E-state index contributed by atoms with van der Waals surface area (Å²) in [4.78, 5) is 24.5. The van der Waals surface area contributed by atoms with E-state index in [1.54, 1.807) is 54.6 Å². The number of fused-ring (bicyclic) bond motifs is 1. The van der Waals surface area contributed by atoms with Crippen molar-refractivity contribution < 1.29 is 13.9 Å². The van der Waals surface area contributed by atoms with Crippen LogP contribution in [0.15, 0.2) is 82.0 Å². The van der Waals surface area contributed by atoms with E-state index in [1.807, 2.05) is 18.2 Å². The van der Waals surface area contributed by atoms with Gasteiger partial charge in [-0.3, -0.25) is 9.36 Å². The maximum atomic E-state index is 12.5. The van der Waals surface area contributed by atoms with Gasteiger partial charge in [-0.15, -0.1) is 0 Å². The second kappa shape index (κ2) is 8.24. The van der Waals surface area contributed by atoms with E-state index in [4.69, 9.17) is 20.8 Å². The average Bonchev–Trinajstić information content (AvgIpc) is 3.04. The van der Waals surface area contributed by atoms with Gasteiger partial charge in [0.25, 0.3) is 0 Å². The highest BCUT2D eigenvalue weighted by molar-refractivity contribution is 6.32. The molecule has 146 valence electrons. The molecule has 0 bridgehead atoms. The first kappa shape index (κ1) is 18.8. The number of oxazole rings is 1. The SMILES string of the molecule is O=C(CCn1c(=O)oc2ccccc21)Nc1ccccc1Oc1ccccc1Cl. The fourth-order valence-corrected chi connectivity index (χ4v) is 3.13. The van der Waals surface area contributed by atoms with Crippen molar-refractivity contribution in [1.82, 2.24) is 4.57 Å². The van der Waals surface area contributed by atoms with Gasteiger partial charge in [0, 0.05) is 13.0 Å². The molecule has 1 heterocycles. The van der Waals surface area contributed by atoms with Crippen LogP contribution in [-0.4, -0.2) is 10.5 Å². The number of amides is 1. The van der Waals surface area contributed by atoms with Crippen molar-refractivity contribution in [3.05, 3.63) is 88.4 Å². The lowest BCUT2D eigenvalue weighted by Gasteiger charge is -2.13. The number of nitrogens with zero attached hydrogens (tertiary/aromatic N) is 1. The molecule has 1 aromatic heterocycles. The minimum Gasteiger partial charge on any atom is -0.454 e. The van der Waals surface area contributed by atoms with Gasteiger partial charge in [0.05, 0.1) is 16.2 Å². The van der Waals surface area contributed by atoms with Crippen LogP contribution < -0.4 is 15.8 Å². The van der Waals surface area contributed by atoms with Crippen LogP contribution in [0.2, 0.25) is 5.02 Å². The average molecular weight is 409 g/mol. The summed E-state index contributed by atoms with van der Waals surface area (Å²) in [6.45, 7) is 0.204. The molecule has 4 aromatic rings. The van der Waals surface area contributed by atoms with Gasteiger partial charge in [0.1, 0.15) is 5.75 Å². The quantitative estimate of drug-likeness (QED) is 0.483. The summed E-state index contributed by atoms with van der Waals surface area (Å²) in [5, 5.41) is 3.30. The summed E-state index contributed by atoms with van der Waals surface area (Å²) in [6, 6.07) is 21.3. The van der Waals surface area contributed by atoms with Crippen LogP contribution in [-0.2, 0) is 11.3 Å². The first-order valence-electron chi connectivity index (χ1n) is 9.01. The van der Waals surface area contributed by atoms with E-state index in [-0.39, 0.29) is 18.9 Å². The Morgan fingerprint density at radius 3 is 2.48 bits per heavy atom. The molecule has 0 unspecified atom stereocenters. The molecule has 0 fully saturated rings. The molecule has 0 atom stereocenters. The first-order valence-corrected chi connectivity index (χ1v) is 9.39. The van der Waals surface area contributed by atoms with Crippen LogP contribution >= 0.6 is 11.6 Å². The van der Waals surface area contributed by atoms with Crippen molar-refractivity contribution in [2.75, 3.05) is 5.32 Å². The monoisotopic (exact) mass is 408 g/mol. The number of halogens is 1. The standard InChI is InChI=1S/C22H17ClN2O4/c23-15-7-1-4-10-18(15)28-19-11-5-2-8-16(19)24-21(26)13-14-25-17-9-3-6-12-20(17)29-22(25)27/h1-12H,13-14H2,(H,24,26). The number of hydrogen-bond donors (Lipinski definition) is 1. The maximum Gasteiger partial charge on any atom is 0.419 e. The molecule has 7 heteroatoms. The molecule has 0 aliphatic carbocycles. The second-order valence-electron chi connectivity index (χ2n) is 6.31. The number of para-hydroxylation sites is 5. The van der Waals surface area contributed by atoms with Crippen molar-refractivity contribution in [3.63, 3.8) is 0 Å². The van der Waals surface area contributed by atoms with E-state index < -0.39 is 5.76 Å². The molecule has 0 aliphatic heterocycles. The largest absolute Gasteiger partial charge is 0.454 e. The van der Waals surface area contributed by atoms with Gasteiger partial charge in [-0.1, -0.05) is 48.0 Å². The van der Waals surface area contributed by atoms with Crippen molar-refractivity contribution in [1.29, 1.82) is 0 Å². The zero-order valence-corrected chi connectivity index (χ0v) is 16.1. The summed E-state index contributed by atoms with van der Waals surface area (Å²) in [6.07, 6.45) is 0.101. The minimum atomic E-state index is -0.485. The van der Waals surface area contributed by atoms with Gasteiger partial charge < -0.3 is 14.5 Å². The Bertz CT molecular complexity index is 1230. The van der Waals surface area contributed by atoms with Crippen molar-refractivity contribution in [3.8, 4) is 11.5 Å². The number of carbonyl (C=O) groups excluding carboxylic acids is 1. The summed E-state index contributed by atoms with van der Waals surface area (Å²) in [7, 11) is 0. The van der Waals surface area contributed by atoms with Gasteiger partial charge in [-0.25, -0.2) is 4.79 Å². The lowest BCUT2D eigenvalue weighted by Crippen LogP contribution is -2.20. The topological polar surface area (TPSA) is 73.5 Å². The van der Waals surface area contributed by atoms with Crippen LogP contribution in [0.3, 0.4) is 0 Å². The lowest BCUT2D eigenvalue weighted by atomic mass is 10.2. The smallest absolute Gasteiger partial charge is 0.419 e. The summed E-state index contributed by atoms with van der Waals surface area (Å²) in [5.41, 5.74) is 1.67. The number of ether oxygens (including phenoxy) is 1. The third kappa shape index (κ3) is 4.17. The molecule has 3 aromatic carbocycles. The number of aromatic nitrogens is 1. The highest BCUT2D eigenvalue weighted by atomic mass is 35.5. The maximum absolute atomic E-state index is 12.5. The summed E-state index contributed by atoms with van der Waals surface area (Å²) < 4.78 is 12.5. The number of carbonyl (C=O) groups is 1. The molecule has 0 radical (unpaired) electrons. The number of rotatable bonds is 6. The molecular weight excluding hydrogens is 392 g/mol. The molecule has 0 saturated carbocycles. The molecule has 1 N–H and O–H groups in total. The Balaban J connectivity index is 1.47. The molecule has 0 spiro atoms. The third-order valence-corrected chi connectivity index (χ3v) is 4.67. The Kier molecular flexibility index (Phi) is 5.35. The van der Waals surface area contributed by atoms with Crippen LogP contribution in [0.4, 0.5) is 5.69 Å². The highest BCUT2D eigenvalue weighted by Crippen LogP contribution is 2.33. The molecule has 6 nitrogen and oxygen atoms in total.